The molecule has 0 unspecified atom stereocenters. The molecule has 0 aromatic heterocycles. The van der Waals surface area contributed by atoms with E-state index in [1.807, 2.05) is 0 Å². The van der Waals surface area contributed by atoms with Crippen molar-refractivity contribution in [2.45, 2.75) is 26.2 Å². The second-order valence-electron chi connectivity index (χ2n) is 5.01. The topological polar surface area (TPSA) is 49.3 Å². The maximum atomic E-state index is 11.9. The highest BCUT2D eigenvalue weighted by Crippen LogP contribution is 2.39. The first-order chi connectivity index (χ1) is 8.00. The highest BCUT2D eigenvalue weighted by Gasteiger charge is 2.31. The Kier molecular flexibility index (Phi) is 3.43. The van der Waals surface area contributed by atoms with Gasteiger partial charge in [0.2, 0.25) is 0 Å². The zero-order chi connectivity index (χ0) is 12.5. The van der Waals surface area contributed by atoms with Crippen LogP contribution in [-0.2, 0) is 0 Å². The number of hydrogen-bond acceptors (Lipinski definition) is 2. The molecule has 1 aromatic carbocycles. The highest BCUT2D eigenvalue weighted by molar-refractivity contribution is 9.10. The van der Waals surface area contributed by atoms with Gasteiger partial charge in [-0.15, -0.1) is 0 Å². The van der Waals surface area contributed by atoms with E-state index in [-0.39, 0.29) is 17.1 Å². The van der Waals surface area contributed by atoms with Crippen molar-refractivity contribution in [1.82, 2.24) is 5.32 Å². The number of rotatable bonds is 3. The van der Waals surface area contributed by atoms with Crippen molar-refractivity contribution in [2.75, 3.05) is 6.54 Å². The minimum Gasteiger partial charge on any atom is -0.507 e. The van der Waals surface area contributed by atoms with E-state index in [1.165, 1.54) is 25.3 Å². The number of aromatic hydroxyl groups is 1. The Balaban J connectivity index is 1.97. The lowest BCUT2D eigenvalue weighted by Gasteiger charge is -2.38. The number of amides is 1. The molecule has 1 amide bonds. The van der Waals surface area contributed by atoms with Gasteiger partial charge in [-0.1, -0.05) is 13.3 Å². The van der Waals surface area contributed by atoms with Crippen LogP contribution in [0.15, 0.2) is 22.7 Å². The molecule has 1 aromatic rings. The molecule has 3 nitrogen and oxygen atoms in total. The first-order valence-electron chi connectivity index (χ1n) is 5.77. The monoisotopic (exact) mass is 297 g/mol. The van der Waals surface area contributed by atoms with Gasteiger partial charge in [-0.25, -0.2) is 0 Å². The number of nitrogens with one attached hydrogen (secondary N) is 1. The number of carbonyl (C=O) groups excluding carboxylic acids is 1. The molecular formula is C13H16BrNO2. The number of phenolic OH excluding ortho intramolecular Hbond substituents is 1. The van der Waals surface area contributed by atoms with Crippen LogP contribution in [0.1, 0.15) is 36.5 Å². The summed E-state index contributed by atoms with van der Waals surface area (Å²) in [5.74, 6) is -0.0339. The van der Waals surface area contributed by atoms with Crippen molar-refractivity contribution in [2.24, 2.45) is 5.41 Å². The van der Waals surface area contributed by atoms with Crippen molar-refractivity contribution in [3.63, 3.8) is 0 Å². The van der Waals surface area contributed by atoms with Crippen LogP contribution in [0.25, 0.3) is 0 Å². The van der Waals surface area contributed by atoms with Crippen LogP contribution < -0.4 is 5.32 Å². The Hall–Kier alpha value is -1.03. The maximum Gasteiger partial charge on any atom is 0.251 e. The van der Waals surface area contributed by atoms with E-state index in [9.17, 15) is 9.90 Å². The third kappa shape index (κ3) is 2.80. The zero-order valence-electron chi connectivity index (χ0n) is 9.79. The third-order valence-corrected chi connectivity index (χ3v) is 4.12. The first-order valence-corrected chi connectivity index (χ1v) is 6.56. The smallest absolute Gasteiger partial charge is 0.251 e. The van der Waals surface area contributed by atoms with E-state index in [4.69, 9.17) is 0 Å². The van der Waals surface area contributed by atoms with Gasteiger partial charge in [0, 0.05) is 12.1 Å². The average molecular weight is 298 g/mol. The van der Waals surface area contributed by atoms with E-state index < -0.39 is 0 Å². The Morgan fingerprint density at radius 1 is 1.53 bits per heavy atom. The lowest BCUT2D eigenvalue weighted by molar-refractivity contribution is 0.0890. The zero-order valence-corrected chi connectivity index (χ0v) is 11.4. The number of phenols is 1. The van der Waals surface area contributed by atoms with Crippen LogP contribution in [0.2, 0.25) is 0 Å². The Morgan fingerprint density at radius 2 is 2.24 bits per heavy atom. The Bertz CT molecular complexity index is 441. The van der Waals surface area contributed by atoms with Crippen molar-refractivity contribution in [3.05, 3.63) is 28.2 Å². The lowest BCUT2D eigenvalue weighted by Crippen LogP contribution is -2.39. The minimum absolute atomic E-state index is 0.0903. The Morgan fingerprint density at radius 3 is 2.76 bits per heavy atom. The Labute approximate surface area is 109 Å². The molecule has 0 spiro atoms. The van der Waals surface area contributed by atoms with Gasteiger partial charge in [-0.05, 0) is 52.4 Å². The molecule has 92 valence electrons. The van der Waals surface area contributed by atoms with Crippen LogP contribution in [0, 0.1) is 5.41 Å². The van der Waals surface area contributed by atoms with E-state index in [1.54, 1.807) is 12.1 Å². The quantitative estimate of drug-likeness (QED) is 0.901. The summed E-state index contributed by atoms with van der Waals surface area (Å²) in [5.41, 5.74) is 0.765. The molecule has 0 bridgehead atoms. The largest absolute Gasteiger partial charge is 0.507 e. The van der Waals surface area contributed by atoms with Gasteiger partial charge in [-0.3, -0.25) is 4.79 Å². The van der Waals surface area contributed by atoms with Gasteiger partial charge in [0.1, 0.15) is 5.75 Å². The number of hydrogen-bond donors (Lipinski definition) is 2. The molecule has 4 heteroatoms. The minimum atomic E-state index is -0.124. The molecule has 1 fully saturated rings. The SMILES string of the molecule is CC1(CNC(=O)c2ccc(Br)c(O)c2)CCC1. The van der Waals surface area contributed by atoms with Gasteiger partial charge in [0.15, 0.2) is 0 Å². The predicted octanol–water partition coefficient (Wildman–Crippen LogP) is 3.07. The highest BCUT2D eigenvalue weighted by atomic mass is 79.9. The second-order valence-corrected chi connectivity index (χ2v) is 5.87. The normalized spacial score (nSPS) is 17.3. The molecule has 2 rings (SSSR count). The van der Waals surface area contributed by atoms with E-state index in [0.717, 1.165) is 0 Å². The lowest BCUT2D eigenvalue weighted by atomic mass is 9.70. The maximum absolute atomic E-state index is 11.9. The fourth-order valence-corrected chi connectivity index (χ4v) is 2.25. The molecule has 1 aliphatic rings. The number of halogens is 1. The van der Waals surface area contributed by atoms with Gasteiger partial charge in [-0.2, -0.15) is 0 Å². The second kappa shape index (κ2) is 4.69. The summed E-state index contributed by atoms with van der Waals surface area (Å²) >= 11 is 3.19. The van der Waals surface area contributed by atoms with Crippen LogP contribution >= 0.6 is 15.9 Å². The molecule has 0 aliphatic heterocycles. The summed E-state index contributed by atoms with van der Waals surface area (Å²) in [6.07, 6.45) is 3.61. The van der Waals surface area contributed by atoms with Crippen molar-refractivity contribution in [3.8, 4) is 5.75 Å². The van der Waals surface area contributed by atoms with E-state index >= 15 is 0 Å². The summed E-state index contributed by atoms with van der Waals surface area (Å²) in [6, 6.07) is 4.85. The van der Waals surface area contributed by atoms with Gasteiger partial charge < -0.3 is 10.4 Å². The standard InChI is InChI=1S/C13H16BrNO2/c1-13(5-2-6-13)8-15-12(17)9-3-4-10(14)11(16)7-9/h3-4,7,16H,2,5-6,8H2,1H3,(H,15,17). The van der Waals surface area contributed by atoms with Crippen LogP contribution in [0.5, 0.6) is 5.75 Å². The summed E-state index contributed by atoms with van der Waals surface area (Å²) in [4.78, 5) is 11.9. The van der Waals surface area contributed by atoms with Crippen molar-refractivity contribution in [1.29, 1.82) is 0 Å². The molecular weight excluding hydrogens is 282 g/mol. The van der Waals surface area contributed by atoms with Crippen molar-refractivity contribution >= 4 is 21.8 Å². The number of benzene rings is 1. The molecule has 0 radical (unpaired) electrons. The molecule has 1 saturated carbocycles. The molecule has 2 N–H and O–H groups in total. The van der Waals surface area contributed by atoms with Crippen LogP contribution in [0.3, 0.4) is 0 Å². The average Bonchev–Trinajstić information content (AvgIpc) is 2.27. The number of carbonyl (C=O) groups is 1. The molecule has 0 heterocycles. The fourth-order valence-electron chi connectivity index (χ4n) is 2.01. The molecule has 0 saturated heterocycles. The van der Waals surface area contributed by atoms with Crippen molar-refractivity contribution < 1.29 is 9.90 Å². The summed E-state index contributed by atoms with van der Waals surface area (Å²) in [7, 11) is 0. The fraction of sp³-hybridized carbons (Fsp3) is 0.462. The van der Waals surface area contributed by atoms with Gasteiger partial charge in [0.05, 0.1) is 4.47 Å². The van der Waals surface area contributed by atoms with Crippen LogP contribution in [-0.4, -0.2) is 17.6 Å². The van der Waals surface area contributed by atoms with E-state index in [2.05, 4.69) is 28.2 Å². The molecule has 1 aliphatic carbocycles. The third-order valence-electron chi connectivity index (χ3n) is 3.44. The summed E-state index contributed by atoms with van der Waals surface area (Å²) in [6.45, 7) is 2.90. The summed E-state index contributed by atoms with van der Waals surface area (Å²) < 4.78 is 0.597. The molecule has 0 atom stereocenters. The predicted molar refractivity (Wildman–Crippen MR) is 70.1 cm³/mol. The van der Waals surface area contributed by atoms with Gasteiger partial charge in [0.25, 0.3) is 5.91 Å². The van der Waals surface area contributed by atoms with Crippen LogP contribution in [0.4, 0.5) is 0 Å². The van der Waals surface area contributed by atoms with E-state index in [0.29, 0.717) is 16.6 Å². The molecule has 17 heavy (non-hydrogen) atoms. The van der Waals surface area contributed by atoms with Gasteiger partial charge >= 0.3 is 0 Å². The summed E-state index contributed by atoms with van der Waals surface area (Å²) in [5, 5.41) is 12.4. The first kappa shape index (κ1) is 12.4.